The number of fused-ring (bicyclic) bond motifs is 10. The lowest BCUT2D eigenvalue weighted by Crippen LogP contribution is -2.32. The summed E-state index contributed by atoms with van der Waals surface area (Å²) in [5.41, 5.74) is 1.02. The minimum Gasteiger partial charge on any atom is -0.457 e. The van der Waals surface area contributed by atoms with E-state index in [-0.39, 0.29) is 71.0 Å². The summed E-state index contributed by atoms with van der Waals surface area (Å²) in [4.78, 5) is 55.7. The standard InChI is InChI=1S/C36H28N2O6/c39-33-29-19-10-11-20(14-19)30(29)34(40)37(33)23-4-1-6-25(16-23)43-27-8-3-9-28(18-27)44-26-7-2-5-24(17-26)38-35(41)31-21-12-13-22(15-21)32(31)36(38)42/h1-13,16-22,29-32H,14-15H2/t19-,20-,21-,22-,29-,30+,31+,32+/m0/s1. The molecular weight excluding hydrogens is 556 g/mol. The van der Waals surface area contributed by atoms with E-state index in [9.17, 15) is 19.2 Å². The summed E-state index contributed by atoms with van der Waals surface area (Å²) in [7, 11) is 0. The third-order valence-corrected chi connectivity index (χ3v) is 10.4. The highest BCUT2D eigenvalue weighted by atomic mass is 16.5. The topological polar surface area (TPSA) is 93.2 Å². The van der Waals surface area contributed by atoms with Crippen LogP contribution in [0.15, 0.2) is 97.1 Å². The van der Waals surface area contributed by atoms with Crippen LogP contribution in [0.2, 0.25) is 0 Å². The van der Waals surface area contributed by atoms with Crippen LogP contribution >= 0.6 is 0 Å². The van der Waals surface area contributed by atoms with Gasteiger partial charge in [-0.3, -0.25) is 19.2 Å². The number of imide groups is 2. The van der Waals surface area contributed by atoms with Crippen LogP contribution in [0.25, 0.3) is 0 Å². The molecule has 2 aliphatic heterocycles. The van der Waals surface area contributed by atoms with Crippen LogP contribution in [-0.4, -0.2) is 23.6 Å². The Morgan fingerprint density at radius 2 is 0.773 bits per heavy atom. The van der Waals surface area contributed by atoms with E-state index < -0.39 is 0 Å². The molecule has 0 spiro atoms. The maximum Gasteiger partial charge on any atom is 0.238 e. The van der Waals surface area contributed by atoms with Crippen molar-refractivity contribution < 1.29 is 28.7 Å². The molecule has 6 aliphatic rings. The number of carbonyl (C=O) groups excluding carboxylic acids is 4. The summed E-state index contributed by atoms with van der Waals surface area (Å²) in [6.45, 7) is 0. The highest BCUT2D eigenvalue weighted by Gasteiger charge is 2.60. The lowest BCUT2D eigenvalue weighted by atomic mass is 9.85. The zero-order valence-corrected chi connectivity index (χ0v) is 23.6. The quantitative estimate of drug-likeness (QED) is 0.265. The molecule has 2 saturated carbocycles. The number of allylic oxidation sites excluding steroid dienone is 4. The Hall–Kier alpha value is -4.98. The lowest BCUT2D eigenvalue weighted by Gasteiger charge is -2.18. The van der Waals surface area contributed by atoms with E-state index in [4.69, 9.17) is 9.47 Å². The first kappa shape index (κ1) is 25.5. The van der Waals surface area contributed by atoms with Crippen LogP contribution in [0.1, 0.15) is 12.8 Å². The molecule has 9 rings (SSSR count). The SMILES string of the molecule is O=C1[C@@H]2[C@H](C(=O)N1c1cccc(Oc3cccc(Oc4cccc(N5C(=O)[C@H]6[C@H](C5=O)[C@H]5C=C[C@H]6C5)c4)c3)c1)[C@H]1C=C[C@H]2C1. The monoisotopic (exact) mass is 584 g/mol. The number of anilines is 2. The zero-order valence-electron chi connectivity index (χ0n) is 23.6. The number of hydrogen-bond acceptors (Lipinski definition) is 6. The van der Waals surface area contributed by atoms with E-state index in [1.807, 2.05) is 0 Å². The number of ether oxygens (including phenoxy) is 2. The average molecular weight is 585 g/mol. The van der Waals surface area contributed by atoms with Gasteiger partial charge in [0.25, 0.3) is 0 Å². The summed E-state index contributed by atoms with van der Waals surface area (Å²) in [6, 6.07) is 21.2. The van der Waals surface area contributed by atoms with E-state index in [0.717, 1.165) is 12.8 Å². The second-order valence-corrected chi connectivity index (χ2v) is 12.7. The van der Waals surface area contributed by atoms with Crippen molar-refractivity contribution in [1.29, 1.82) is 0 Å². The molecule has 0 aromatic heterocycles. The Kier molecular flexibility index (Phi) is 5.37. The summed E-state index contributed by atoms with van der Waals surface area (Å²) in [5, 5.41) is 0. The van der Waals surface area contributed by atoms with Crippen molar-refractivity contribution in [2.45, 2.75) is 12.8 Å². The fraction of sp³-hybridized carbons (Fsp3) is 0.278. The van der Waals surface area contributed by atoms with E-state index in [2.05, 4.69) is 24.3 Å². The molecule has 8 atom stereocenters. The molecule has 44 heavy (non-hydrogen) atoms. The van der Waals surface area contributed by atoms with Crippen molar-refractivity contribution in [3.63, 3.8) is 0 Å². The molecule has 218 valence electrons. The van der Waals surface area contributed by atoms with Crippen molar-refractivity contribution in [3.05, 3.63) is 97.1 Å². The van der Waals surface area contributed by atoms with Crippen LogP contribution in [0.4, 0.5) is 11.4 Å². The first-order valence-electron chi connectivity index (χ1n) is 15.2. The Morgan fingerprint density at radius 3 is 1.14 bits per heavy atom. The van der Waals surface area contributed by atoms with Crippen LogP contribution in [0, 0.1) is 47.3 Å². The Bertz CT molecular complexity index is 1660. The van der Waals surface area contributed by atoms with E-state index >= 15 is 0 Å². The third kappa shape index (κ3) is 3.63. The molecule has 8 heteroatoms. The Morgan fingerprint density at radius 1 is 0.455 bits per heavy atom. The Labute approximate surface area is 253 Å². The van der Waals surface area contributed by atoms with Gasteiger partial charge in [0.2, 0.25) is 23.6 Å². The van der Waals surface area contributed by atoms with Crippen LogP contribution in [-0.2, 0) is 19.2 Å². The van der Waals surface area contributed by atoms with E-state index in [1.54, 1.807) is 72.8 Å². The maximum absolute atomic E-state index is 13.3. The molecule has 2 heterocycles. The third-order valence-electron chi connectivity index (χ3n) is 10.4. The predicted octanol–water partition coefficient (Wildman–Crippen LogP) is 5.89. The van der Waals surface area contributed by atoms with Gasteiger partial charge < -0.3 is 9.47 Å². The summed E-state index contributed by atoms with van der Waals surface area (Å²) in [5.74, 6) is 1.03. The van der Waals surface area contributed by atoms with Gasteiger partial charge in [0.15, 0.2) is 0 Å². The number of carbonyl (C=O) groups is 4. The lowest BCUT2D eigenvalue weighted by molar-refractivity contribution is -0.124. The van der Waals surface area contributed by atoms with Crippen molar-refractivity contribution >= 4 is 35.0 Å². The molecule has 0 radical (unpaired) electrons. The largest absolute Gasteiger partial charge is 0.457 e. The molecule has 0 unspecified atom stereocenters. The van der Waals surface area contributed by atoms with E-state index in [1.165, 1.54) is 9.80 Å². The van der Waals surface area contributed by atoms with Gasteiger partial charge in [0.05, 0.1) is 35.0 Å². The number of rotatable bonds is 6. The number of hydrogen-bond donors (Lipinski definition) is 0. The smallest absolute Gasteiger partial charge is 0.238 e. The molecule has 0 N–H and O–H groups in total. The molecule has 4 fully saturated rings. The number of nitrogens with zero attached hydrogens (tertiary/aromatic N) is 2. The minimum atomic E-state index is -0.261. The van der Waals surface area contributed by atoms with Gasteiger partial charge >= 0.3 is 0 Å². The van der Waals surface area contributed by atoms with Crippen LogP contribution in [0.3, 0.4) is 0 Å². The van der Waals surface area contributed by atoms with Crippen molar-refractivity contribution in [2.75, 3.05) is 9.80 Å². The van der Waals surface area contributed by atoms with Crippen molar-refractivity contribution in [1.82, 2.24) is 0 Å². The van der Waals surface area contributed by atoms with Crippen molar-refractivity contribution in [3.8, 4) is 23.0 Å². The number of benzene rings is 3. The molecule has 4 amide bonds. The second-order valence-electron chi connectivity index (χ2n) is 12.7. The normalized spacial score (nSPS) is 32.3. The van der Waals surface area contributed by atoms with Gasteiger partial charge in [-0.05, 0) is 72.9 Å². The molecule has 3 aromatic carbocycles. The van der Waals surface area contributed by atoms with Crippen LogP contribution < -0.4 is 19.3 Å². The maximum atomic E-state index is 13.3. The zero-order chi connectivity index (χ0) is 29.7. The summed E-state index contributed by atoms with van der Waals surface area (Å²) >= 11 is 0. The summed E-state index contributed by atoms with van der Waals surface area (Å²) < 4.78 is 12.3. The van der Waals surface area contributed by atoms with Crippen molar-refractivity contribution in [2.24, 2.45) is 47.3 Å². The molecule has 3 aromatic rings. The number of amides is 4. The first-order chi connectivity index (χ1) is 21.4. The fourth-order valence-electron chi connectivity index (χ4n) is 8.56. The highest BCUT2D eigenvalue weighted by Crippen LogP contribution is 2.54. The second kappa shape index (κ2) is 9.26. The van der Waals surface area contributed by atoms with Crippen LogP contribution in [0.5, 0.6) is 23.0 Å². The van der Waals surface area contributed by atoms with Gasteiger partial charge in [0, 0.05) is 18.2 Å². The molecule has 4 bridgehead atoms. The fourth-order valence-corrected chi connectivity index (χ4v) is 8.56. The molecule has 8 nitrogen and oxygen atoms in total. The van der Waals surface area contributed by atoms with Gasteiger partial charge in [-0.1, -0.05) is 42.5 Å². The van der Waals surface area contributed by atoms with Gasteiger partial charge in [-0.2, -0.15) is 0 Å². The minimum absolute atomic E-state index is 0.129. The van der Waals surface area contributed by atoms with Gasteiger partial charge in [-0.25, -0.2) is 9.80 Å². The highest BCUT2D eigenvalue weighted by molar-refractivity contribution is 6.23. The molecule has 2 saturated heterocycles. The van der Waals surface area contributed by atoms with E-state index in [0.29, 0.717) is 34.4 Å². The Balaban J connectivity index is 0.918. The summed E-state index contributed by atoms with van der Waals surface area (Å²) in [6.07, 6.45) is 10.1. The van der Waals surface area contributed by atoms with Gasteiger partial charge in [-0.15, -0.1) is 0 Å². The van der Waals surface area contributed by atoms with Gasteiger partial charge in [0.1, 0.15) is 23.0 Å². The first-order valence-corrected chi connectivity index (χ1v) is 15.2. The molecular formula is C36H28N2O6. The average Bonchev–Trinajstić information content (AvgIpc) is 3.87. The molecule has 4 aliphatic carbocycles. The predicted molar refractivity (Wildman–Crippen MR) is 160 cm³/mol.